The summed E-state index contributed by atoms with van der Waals surface area (Å²) < 4.78 is 0. The number of para-hydroxylation sites is 2. The van der Waals surface area contributed by atoms with Crippen LogP contribution in [0.15, 0.2) is 53.3 Å². The van der Waals surface area contributed by atoms with Crippen molar-refractivity contribution in [2.75, 3.05) is 0 Å². The molecule has 0 atom stereocenters. The van der Waals surface area contributed by atoms with Crippen LogP contribution in [0.4, 0.5) is 0 Å². The second-order valence-corrected chi connectivity index (χ2v) is 4.90. The van der Waals surface area contributed by atoms with Crippen LogP contribution in [0.3, 0.4) is 0 Å². The first kappa shape index (κ1) is 13.3. The van der Waals surface area contributed by atoms with Gasteiger partial charge in [-0.1, -0.05) is 49.4 Å². The minimum absolute atomic E-state index is 0.171. The van der Waals surface area contributed by atoms with Crippen molar-refractivity contribution in [1.82, 2.24) is 9.97 Å². The maximum Gasteiger partial charge on any atom is 0.274 e. The lowest BCUT2D eigenvalue weighted by molar-refractivity contribution is 1.14. The van der Waals surface area contributed by atoms with Gasteiger partial charge in [0.1, 0.15) is 5.69 Å². The van der Waals surface area contributed by atoms with E-state index >= 15 is 0 Å². The summed E-state index contributed by atoms with van der Waals surface area (Å²) >= 11 is 0. The Kier molecular flexibility index (Phi) is 3.65. The Morgan fingerprint density at radius 2 is 1.81 bits per heavy atom. The average Bonchev–Trinajstić information content (AvgIpc) is 2.53. The van der Waals surface area contributed by atoms with Gasteiger partial charge in [-0.15, -0.1) is 0 Å². The molecule has 0 radical (unpaired) electrons. The van der Waals surface area contributed by atoms with Crippen molar-refractivity contribution in [3.8, 4) is 0 Å². The lowest BCUT2D eigenvalue weighted by Gasteiger charge is -1.99. The van der Waals surface area contributed by atoms with E-state index < -0.39 is 0 Å². The van der Waals surface area contributed by atoms with Gasteiger partial charge in [0.05, 0.1) is 11.0 Å². The minimum atomic E-state index is -0.171. The molecule has 0 saturated heterocycles. The molecule has 0 aliphatic heterocycles. The summed E-state index contributed by atoms with van der Waals surface area (Å²) in [6, 6.07) is 15.8. The number of nitrogens with one attached hydrogen (secondary N) is 1. The van der Waals surface area contributed by atoms with Gasteiger partial charge >= 0.3 is 0 Å². The zero-order chi connectivity index (χ0) is 14.7. The quantitative estimate of drug-likeness (QED) is 0.793. The number of H-pyrrole nitrogens is 1. The predicted octanol–water partition coefficient (Wildman–Crippen LogP) is 3.66. The van der Waals surface area contributed by atoms with Gasteiger partial charge in [0, 0.05) is 0 Å². The van der Waals surface area contributed by atoms with Crippen molar-refractivity contribution < 1.29 is 0 Å². The third-order valence-electron chi connectivity index (χ3n) is 3.45. The van der Waals surface area contributed by atoms with E-state index in [4.69, 9.17) is 0 Å². The van der Waals surface area contributed by atoms with Crippen LogP contribution in [-0.4, -0.2) is 9.97 Å². The first-order chi connectivity index (χ1) is 10.3. The Morgan fingerprint density at radius 1 is 1.05 bits per heavy atom. The van der Waals surface area contributed by atoms with Gasteiger partial charge in [-0.05, 0) is 35.8 Å². The fraction of sp³-hybridized carbons (Fsp3) is 0.111. The molecule has 0 fully saturated rings. The molecule has 0 amide bonds. The number of aromatic nitrogens is 2. The molecule has 0 saturated carbocycles. The topological polar surface area (TPSA) is 45.8 Å². The highest BCUT2D eigenvalue weighted by Crippen LogP contribution is 2.10. The van der Waals surface area contributed by atoms with Crippen LogP contribution in [0.1, 0.15) is 23.7 Å². The van der Waals surface area contributed by atoms with Crippen LogP contribution >= 0.6 is 0 Å². The Hall–Kier alpha value is -2.68. The van der Waals surface area contributed by atoms with Gasteiger partial charge in [0.2, 0.25) is 0 Å². The average molecular weight is 276 g/mol. The highest BCUT2D eigenvalue weighted by molar-refractivity contribution is 5.76. The molecule has 0 spiro atoms. The van der Waals surface area contributed by atoms with Gasteiger partial charge in [0.15, 0.2) is 0 Å². The summed E-state index contributed by atoms with van der Waals surface area (Å²) in [6.45, 7) is 2.13. The van der Waals surface area contributed by atoms with Crippen molar-refractivity contribution in [2.24, 2.45) is 0 Å². The second-order valence-electron chi connectivity index (χ2n) is 4.90. The first-order valence-corrected chi connectivity index (χ1v) is 7.02. The van der Waals surface area contributed by atoms with Gasteiger partial charge in [-0.25, -0.2) is 4.98 Å². The van der Waals surface area contributed by atoms with Crippen LogP contribution in [0.2, 0.25) is 0 Å². The summed E-state index contributed by atoms with van der Waals surface area (Å²) in [5.74, 6) is 0. The highest BCUT2D eigenvalue weighted by Gasteiger charge is 2.00. The molecule has 1 aromatic heterocycles. The number of hydrogen-bond acceptors (Lipinski definition) is 2. The minimum Gasteiger partial charge on any atom is -0.319 e. The normalized spacial score (nSPS) is 11.3. The first-order valence-electron chi connectivity index (χ1n) is 7.02. The van der Waals surface area contributed by atoms with E-state index in [1.165, 1.54) is 5.56 Å². The van der Waals surface area contributed by atoms with Crippen molar-refractivity contribution >= 4 is 23.2 Å². The van der Waals surface area contributed by atoms with E-state index in [0.29, 0.717) is 5.69 Å². The Balaban J connectivity index is 1.94. The van der Waals surface area contributed by atoms with Gasteiger partial charge in [-0.3, -0.25) is 4.79 Å². The van der Waals surface area contributed by atoms with Crippen LogP contribution < -0.4 is 5.56 Å². The molecule has 0 aliphatic carbocycles. The van der Waals surface area contributed by atoms with E-state index in [2.05, 4.69) is 29.0 Å². The zero-order valence-corrected chi connectivity index (χ0v) is 11.8. The predicted molar refractivity (Wildman–Crippen MR) is 87.1 cm³/mol. The van der Waals surface area contributed by atoms with Gasteiger partial charge < -0.3 is 4.98 Å². The fourth-order valence-corrected chi connectivity index (χ4v) is 2.20. The molecule has 0 aliphatic rings. The number of aromatic amines is 1. The molecule has 0 bridgehead atoms. The standard InChI is InChI=1S/C18H16N2O/c1-2-13-7-9-14(10-8-13)11-12-17-18(21)20-16-6-4-3-5-15(16)19-17/h3-12H,2H2,1H3,(H,20,21)/b12-11+. The number of nitrogens with zero attached hydrogens (tertiary/aromatic N) is 1. The van der Waals surface area contributed by atoms with E-state index in [0.717, 1.165) is 23.0 Å². The summed E-state index contributed by atoms with van der Waals surface area (Å²) in [4.78, 5) is 19.2. The fourth-order valence-electron chi connectivity index (χ4n) is 2.20. The van der Waals surface area contributed by atoms with E-state index in [-0.39, 0.29) is 5.56 Å². The number of benzene rings is 2. The molecule has 3 rings (SSSR count). The van der Waals surface area contributed by atoms with Crippen molar-refractivity contribution in [2.45, 2.75) is 13.3 Å². The molecule has 3 heteroatoms. The number of hydrogen-bond donors (Lipinski definition) is 1. The molecule has 104 valence electrons. The Bertz CT molecular complexity index is 845. The highest BCUT2D eigenvalue weighted by atomic mass is 16.1. The van der Waals surface area contributed by atoms with Crippen LogP contribution in [0, 0.1) is 0 Å². The second kappa shape index (κ2) is 5.75. The van der Waals surface area contributed by atoms with E-state index in [9.17, 15) is 4.79 Å². The zero-order valence-electron chi connectivity index (χ0n) is 11.8. The summed E-state index contributed by atoms with van der Waals surface area (Å²) in [5, 5.41) is 0. The number of rotatable bonds is 3. The molecular formula is C18H16N2O. The lowest BCUT2D eigenvalue weighted by Crippen LogP contribution is -2.11. The maximum absolute atomic E-state index is 12.0. The molecular weight excluding hydrogens is 260 g/mol. The molecule has 3 aromatic rings. The van der Waals surface area contributed by atoms with Crippen LogP contribution in [-0.2, 0) is 6.42 Å². The molecule has 1 heterocycles. The largest absolute Gasteiger partial charge is 0.319 e. The molecule has 1 N–H and O–H groups in total. The molecule has 3 nitrogen and oxygen atoms in total. The third-order valence-corrected chi connectivity index (χ3v) is 3.45. The summed E-state index contributed by atoms with van der Waals surface area (Å²) in [7, 11) is 0. The Labute approximate surface area is 123 Å². The van der Waals surface area contributed by atoms with Crippen LogP contribution in [0.25, 0.3) is 23.2 Å². The summed E-state index contributed by atoms with van der Waals surface area (Å²) in [5.41, 5.74) is 4.16. The number of aryl methyl sites for hydroxylation is 1. The molecule has 21 heavy (non-hydrogen) atoms. The van der Waals surface area contributed by atoms with Crippen molar-refractivity contribution in [3.63, 3.8) is 0 Å². The molecule has 0 unspecified atom stereocenters. The Morgan fingerprint density at radius 3 is 2.57 bits per heavy atom. The maximum atomic E-state index is 12.0. The lowest BCUT2D eigenvalue weighted by atomic mass is 10.1. The van der Waals surface area contributed by atoms with E-state index in [1.807, 2.05) is 42.5 Å². The van der Waals surface area contributed by atoms with Gasteiger partial charge in [0.25, 0.3) is 5.56 Å². The van der Waals surface area contributed by atoms with E-state index in [1.54, 1.807) is 6.08 Å². The van der Waals surface area contributed by atoms with Crippen molar-refractivity contribution in [3.05, 3.63) is 75.7 Å². The summed E-state index contributed by atoms with van der Waals surface area (Å²) in [6.07, 6.45) is 4.69. The third kappa shape index (κ3) is 2.92. The monoisotopic (exact) mass is 276 g/mol. The van der Waals surface area contributed by atoms with Crippen LogP contribution in [0.5, 0.6) is 0 Å². The van der Waals surface area contributed by atoms with Gasteiger partial charge in [-0.2, -0.15) is 0 Å². The number of fused-ring (bicyclic) bond motifs is 1. The van der Waals surface area contributed by atoms with Crippen molar-refractivity contribution in [1.29, 1.82) is 0 Å². The smallest absolute Gasteiger partial charge is 0.274 e. The SMILES string of the molecule is CCc1ccc(/C=C/c2nc3ccccc3[nH]c2=O)cc1. The molecule has 2 aromatic carbocycles.